The van der Waals surface area contributed by atoms with E-state index in [0.29, 0.717) is 0 Å². The number of hydrogen-bond acceptors (Lipinski definition) is 7. The number of amides is 1. The first-order chi connectivity index (χ1) is 9.04. The lowest BCUT2D eigenvalue weighted by Gasteiger charge is -2.01. The van der Waals surface area contributed by atoms with Crippen LogP contribution in [0.3, 0.4) is 0 Å². The van der Waals surface area contributed by atoms with Crippen molar-refractivity contribution in [2.75, 3.05) is 19.8 Å². The highest BCUT2D eigenvalue weighted by Gasteiger charge is 2.13. The molecule has 0 bridgehead atoms. The minimum absolute atomic E-state index is 0.0912. The van der Waals surface area contributed by atoms with Crippen LogP contribution < -0.4 is 0 Å². The van der Waals surface area contributed by atoms with Crippen LogP contribution >= 0.6 is 0 Å². The van der Waals surface area contributed by atoms with Crippen molar-refractivity contribution in [3.63, 3.8) is 0 Å². The highest BCUT2D eigenvalue weighted by Crippen LogP contribution is 2.03. The maximum Gasteiger partial charge on any atom is 0.452 e. The number of esters is 2. The molecule has 8 heteroatoms. The second-order valence-electron chi connectivity index (χ2n) is 2.90. The van der Waals surface area contributed by atoms with Crippen molar-refractivity contribution in [1.82, 2.24) is 0 Å². The fourth-order valence-electron chi connectivity index (χ4n) is 0.876. The summed E-state index contributed by atoms with van der Waals surface area (Å²) in [5, 5.41) is 6.44. The van der Waals surface area contributed by atoms with Crippen LogP contribution in [-0.2, 0) is 23.8 Å². The van der Waals surface area contributed by atoms with Crippen molar-refractivity contribution in [1.29, 1.82) is 0 Å². The van der Waals surface area contributed by atoms with Gasteiger partial charge in [0.1, 0.15) is 0 Å². The van der Waals surface area contributed by atoms with Gasteiger partial charge in [-0.1, -0.05) is 5.11 Å². The highest BCUT2D eigenvalue weighted by molar-refractivity contribution is 5.96. The van der Waals surface area contributed by atoms with Gasteiger partial charge in [0.15, 0.2) is 5.70 Å². The van der Waals surface area contributed by atoms with Crippen LogP contribution in [0.2, 0.25) is 0 Å². The zero-order chi connectivity index (χ0) is 14.7. The van der Waals surface area contributed by atoms with Crippen molar-refractivity contribution in [2.45, 2.75) is 20.8 Å². The summed E-state index contributed by atoms with van der Waals surface area (Å²) in [6.07, 6.45) is -0.175. The molecule has 0 heterocycles. The van der Waals surface area contributed by atoms with Crippen LogP contribution in [0.25, 0.3) is 0 Å². The second-order valence-corrected chi connectivity index (χ2v) is 2.90. The van der Waals surface area contributed by atoms with E-state index in [1.807, 2.05) is 0 Å². The van der Waals surface area contributed by atoms with Crippen molar-refractivity contribution in [3.05, 3.63) is 11.8 Å². The summed E-state index contributed by atoms with van der Waals surface area (Å²) in [5.41, 5.74) is -0.437. The van der Waals surface area contributed by atoms with Crippen molar-refractivity contribution >= 4 is 18.0 Å². The van der Waals surface area contributed by atoms with Crippen LogP contribution in [0.1, 0.15) is 20.8 Å². The standard InChI is InChI=1S/C11H16N2O6/c1-4-17-9(14)7-8(10(15)18-5-2)12-13-11(16)19-6-3/h7H,4-6H2,1-3H3/b8-7+,13-12?. The summed E-state index contributed by atoms with van der Waals surface area (Å²) in [6, 6.07) is 0. The van der Waals surface area contributed by atoms with Gasteiger partial charge in [0.05, 0.1) is 25.9 Å². The zero-order valence-electron chi connectivity index (χ0n) is 11.0. The normalized spacial score (nSPS) is 11.2. The summed E-state index contributed by atoms with van der Waals surface area (Å²) in [5.74, 6) is -1.67. The highest BCUT2D eigenvalue weighted by atomic mass is 16.6. The Hall–Kier alpha value is -2.25. The third-order valence-corrected chi connectivity index (χ3v) is 1.53. The number of hydrogen-bond donors (Lipinski definition) is 0. The van der Waals surface area contributed by atoms with Gasteiger partial charge >= 0.3 is 18.0 Å². The van der Waals surface area contributed by atoms with Gasteiger partial charge in [0.2, 0.25) is 0 Å². The van der Waals surface area contributed by atoms with E-state index < -0.39 is 23.7 Å². The first kappa shape index (κ1) is 16.8. The quantitative estimate of drug-likeness (QED) is 0.315. The molecule has 0 atom stereocenters. The lowest BCUT2D eigenvalue weighted by Crippen LogP contribution is -2.10. The number of carbonyl (C=O) groups is 3. The first-order valence-electron chi connectivity index (χ1n) is 5.69. The molecule has 1 amide bonds. The molecule has 19 heavy (non-hydrogen) atoms. The Bertz CT molecular complexity index is 389. The van der Waals surface area contributed by atoms with E-state index in [2.05, 4.69) is 24.4 Å². The molecule has 0 rings (SSSR count). The third kappa shape index (κ3) is 7.63. The molecule has 0 radical (unpaired) electrons. The minimum Gasteiger partial charge on any atom is -0.463 e. The molecule has 0 aliphatic carbocycles. The van der Waals surface area contributed by atoms with Gasteiger partial charge in [-0.2, -0.15) is 0 Å². The summed E-state index contributed by atoms with van der Waals surface area (Å²) in [4.78, 5) is 33.6. The molecular weight excluding hydrogens is 256 g/mol. The maximum atomic E-state index is 11.4. The smallest absolute Gasteiger partial charge is 0.452 e. The van der Waals surface area contributed by atoms with Gasteiger partial charge in [-0.05, 0) is 20.8 Å². The first-order valence-corrected chi connectivity index (χ1v) is 5.69. The molecular formula is C11H16N2O6. The van der Waals surface area contributed by atoms with Crippen LogP contribution in [0.15, 0.2) is 22.0 Å². The Balaban J connectivity index is 4.91. The molecule has 0 aliphatic heterocycles. The molecule has 106 valence electrons. The van der Waals surface area contributed by atoms with E-state index in [0.717, 1.165) is 6.08 Å². The molecule has 8 nitrogen and oxygen atoms in total. The molecule has 0 saturated carbocycles. The predicted octanol–water partition coefficient (Wildman–Crippen LogP) is 1.61. The summed E-state index contributed by atoms with van der Waals surface area (Å²) >= 11 is 0. The summed E-state index contributed by atoms with van der Waals surface area (Å²) in [7, 11) is 0. The number of carbonyl (C=O) groups excluding carboxylic acids is 3. The van der Waals surface area contributed by atoms with Crippen LogP contribution in [-0.4, -0.2) is 37.9 Å². The monoisotopic (exact) mass is 272 g/mol. The summed E-state index contributed by atoms with van der Waals surface area (Å²) < 4.78 is 13.8. The average molecular weight is 272 g/mol. The van der Waals surface area contributed by atoms with Crippen LogP contribution in [0.5, 0.6) is 0 Å². The predicted molar refractivity (Wildman–Crippen MR) is 63.2 cm³/mol. The van der Waals surface area contributed by atoms with Gasteiger partial charge in [-0.25, -0.2) is 14.4 Å². The third-order valence-electron chi connectivity index (χ3n) is 1.53. The van der Waals surface area contributed by atoms with Gasteiger partial charge in [-0.15, -0.1) is 5.11 Å². The number of nitrogens with zero attached hydrogens (tertiary/aromatic N) is 2. The fourth-order valence-corrected chi connectivity index (χ4v) is 0.876. The fraction of sp³-hybridized carbons (Fsp3) is 0.545. The zero-order valence-corrected chi connectivity index (χ0v) is 11.0. The minimum atomic E-state index is -0.971. The van der Waals surface area contributed by atoms with Gasteiger partial charge in [0.25, 0.3) is 0 Å². The molecule has 0 unspecified atom stereocenters. The van der Waals surface area contributed by atoms with E-state index in [1.54, 1.807) is 20.8 Å². The molecule has 0 spiro atoms. The lowest BCUT2D eigenvalue weighted by molar-refractivity contribution is -0.141. The van der Waals surface area contributed by atoms with Gasteiger partial charge < -0.3 is 14.2 Å². The molecule has 0 N–H and O–H groups in total. The lowest BCUT2D eigenvalue weighted by atomic mass is 10.4. The number of ether oxygens (including phenoxy) is 3. The van der Waals surface area contributed by atoms with E-state index in [9.17, 15) is 14.4 Å². The molecule has 0 fully saturated rings. The molecule has 0 aliphatic rings. The van der Waals surface area contributed by atoms with Gasteiger partial charge in [0, 0.05) is 0 Å². The Morgan fingerprint density at radius 3 is 2.00 bits per heavy atom. The molecule has 0 saturated heterocycles. The maximum absolute atomic E-state index is 11.4. The molecule has 0 aromatic carbocycles. The van der Waals surface area contributed by atoms with E-state index in [4.69, 9.17) is 0 Å². The number of azo groups is 1. The Labute approximate surface area is 110 Å². The average Bonchev–Trinajstić information content (AvgIpc) is 2.35. The second kappa shape index (κ2) is 9.75. The molecule has 0 aromatic rings. The Morgan fingerprint density at radius 1 is 0.895 bits per heavy atom. The van der Waals surface area contributed by atoms with E-state index >= 15 is 0 Å². The van der Waals surface area contributed by atoms with E-state index in [-0.39, 0.29) is 19.8 Å². The Morgan fingerprint density at radius 2 is 1.47 bits per heavy atom. The van der Waals surface area contributed by atoms with Crippen LogP contribution in [0, 0.1) is 0 Å². The summed E-state index contributed by atoms with van der Waals surface area (Å²) in [6.45, 7) is 5.13. The Kier molecular flexibility index (Phi) is 8.59. The van der Waals surface area contributed by atoms with Crippen molar-refractivity contribution < 1.29 is 28.6 Å². The van der Waals surface area contributed by atoms with Gasteiger partial charge in [-0.3, -0.25) is 0 Å². The van der Waals surface area contributed by atoms with Crippen molar-refractivity contribution in [3.8, 4) is 0 Å². The van der Waals surface area contributed by atoms with Crippen LogP contribution in [0.4, 0.5) is 4.79 Å². The molecule has 0 aromatic heterocycles. The number of rotatable bonds is 6. The largest absolute Gasteiger partial charge is 0.463 e. The topological polar surface area (TPSA) is 104 Å². The van der Waals surface area contributed by atoms with Crippen molar-refractivity contribution in [2.24, 2.45) is 10.2 Å². The van der Waals surface area contributed by atoms with E-state index in [1.165, 1.54) is 0 Å². The SMILES string of the molecule is CCOC(=O)/C=C(/N=NC(=O)OCC)C(=O)OCC.